The first kappa shape index (κ1) is 20.6. The fourth-order valence-electron chi connectivity index (χ4n) is 4.17. The number of nitrogens with one attached hydrogen (secondary N) is 1. The van der Waals surface area contributed by atoms with Crippen LogP contribution in [0.3, 0.4) is 0 Å². The number of hydrogen-bond donors (Lipinski definition) is 1. The van der Waals surface area contributed by atoms with Crippen LogP contribution in [0, 0.1) is 18.8 Å². The van der Waals surface area contributed by atoms with Crippen molar-refractivity contribution in [3.05, 3.63) is 53.1 Å². The highest BCUT2D eigenvalue weighted by Gasteiger charge is 2.34. The van der Waals surface area contributed by atoms with Crippen LogP contribution in [0.2, 0.25) is 0 Å². The molecule has 0 spiro atoms. The predicted octanol–water partition coefficient (Wildman–Crippen LogP) is 3.89. The highest BCUT2D eigenvalue weighted by atomic mass is 32.2. The summed E-state index contributed by atoms with van der Waals surface area (Å²) in [7, 11) is -3.65. The normalized spacial score (nSPS) is 25.7. The molecule has 6 heteroatoms. The first-order valence-electron chi connectivity index (χ1n) is 9.90. The van der Waals surface area contributed by atoms with Gasteiger partial charge in [0, 0.05) is 30.8 Å². The van der Waals surface area contributed by atoms with Gasteiger partial charge in [0.05, 0.1) is 0 Å². The Morgan fingerprint density at radius 1 is 1.04 bits per heavy atom. The van der Waals surface area contributed by atoms with Gasteiger partial charge in [-0.25, -0.2) is 8.42 Å². The molecule has 0 radical (unpaired) electrons. The zero-order valence-corrected chi connectivity index (χ0v) is 17.9. The smallest absolute Gasteiger partial charge is 0.249 e. The van der Waals surface area contributed by atoms with Gasteiger partial charge in [0.25, 0.3) is 0 Å². The zero-order valence-electron chi connectivity index (χ0n) is 17.1. The first-order valence-corrected chi connectivity index (χ1v) is 11.4. The maximum absolute atomic E-state index is 13.0. The molecule has 5 nitrogen and oxygen atoms in total. The summed E-state index contributed by atoms with van der Waals surface area (Å²) < 4.78 is 28.7. The van der Waals surface area contributed by atoms with Crippen molar-refractivity contribution >= 4 is 21.6 Å². The molecule has 1 aliphatic heterocycles. The predicted molar refractivity (Wildman–Crippen MR) is 113 cm³/mol. The third kappa shape index (κ3) is 4.66. The molecule has 0 aromatic heterocycles. The van der Waals surface area contributed by atoms with Crippen LogP contribution in [0.1, 0.15) is 39.2 Å². The van der Waals surface area contributed by atoms with Crippen LogP contribution in [-0.2, 0) is 14.8 Å². The van der Waals surface area contributed by atoms with E-state index in [9.17, 15) is 13.2 Å². The second-order valence-corrected chi connectivity index (χ2v) is 10.3. The first-order chi connectivity index (χ1) is 13.2. The number of likely N-dealkylation sites (tertiary alicyclic amines) is 1. The van der Waals surface area contributed by atoms with Crippen molar-refractivity contribution in [3.63, 3.8) is 0 Å². The summed E-state index contributed by atoms with van der Waals surface area (Å²) in [6.45, 7) is 9.56. The maximum Gasteiger partial charge on any atom is 0.249 e. The van der Waals surface area contributed by atoms with Gasteiger partial charge in [-0.2, -0.15) is 0 Å². The van der Waals surface area contributed by atoms with Gasteiger partial charge in [-0.3, -0.25) is 9.52 Å². The van der Waals surface area contributed by atoms with Gasteiger partial charge in [-0.15, -0.1) is 0 Å². The Bertz CT molecular complexity index is 890. The van der Waals surface area contributed by atoms with Crippen LogP contribution >= 0.6 is 0 Å². The lowest BCUT2D eigenvalue weighted by Gasteiger charge is -2.36. The maximum atomic E-state index is 13.0. The van der Waals surface area contributed by atoms with Crippen molar-refractivity contribution in [1.82, 2.24) is 4.90 Å². The number of nitrogens with zero attached hydrogens (tertiary/aromatic N) is 1. The number of piperidine rings is 1. The average molecular weight is 403 g/mol. The number of benzene rings is 1. The minimum atomic E-state index is -3.65. The second-order valence-electron chi connectivity index (χ2n) is 8.46. The highest BCUT2D eigenvalue weighted by molar-refractivity contribution is 7.93. The average Bonchev–Trinajstić information content (AvgIpc) is 2.62. The molecule has 28 heavy (non-hydrogen) atoms. The fraction of sp³-hybridized carbons (Fsp3) is 0.500. The molecular formula is C22H30N2O3S. The van der Waals surface area contributed by atoms with Crippen LogP contribution in [0.4, 0.5) is 5.69 Å². The van der Waals surface area contributed by atoms with E-state index in [0.717, 1.165) is 30.6 Å². The SMILES string of the molecule is CC1=CC=C(C(=O)N2CC(C)CC(C)C2)CC1S(=O)(=O)Nc1ccc(C)cc1. The van der Waals surface area contributed by atoms with Gasteiger partial charge < -0.3 is 4.90 Å². The largest absolute Gasteiger partial charge is 0.338 e. The summed E-state index contributed by atoms with van der Waals surface area (Å²) in [4.78, 5) is 14.9. The highest BCUT2D eigenvalue weighted by Crippen LogP contribution is 2.29. The third-order valence-electron chi connectivity index (χ3n) is 5.58. The van der Waals surface area contributed by atoms with Crippen molar-refractivity contribution in [1.29, 1.82) is 0 Å². The molecule has 3 unspecified atom stereocenters. The quantitative estimate of drug-likeness (QED) is 0.831. The molecular weight excluding hydrogens is 372 g/mol. The standard InChI is InChI=1S/C22H30N2O3S/c1-15-5-9-20(10-6-15)23-28(26,27)21-12-19(8-7-18(21)4)22(25)24-13-16(2)11-17(3)14-24/h5-10,16-17,21,23H,11-14H2,1-4H3. The van der Waals surface area contributed by atoms with E-state index in [1.54, 1.807) is 24.3 Å². The molecule has 1 aromatic carbocycles. The molecule has 1 aliphatic carbocycles. The number of hydrogen-bond acceptors (Lipinski definition) is 3. The summed E-state index contributed by atoms with van der Waals surface area (Å²) in [6.07, 6.45) is 4.90. The molecule has 3 atom stereocenters. The fourth-order valence-corrected chi connectivity index (χ4v) is 5.74. The summed E-state index contributed by atoms with van der Waals surface area (Å²) in [6, 6.07) is 7.25. The Balaban J connectivity index is 1.76. The number of rotatable bonds is 4. The molecule has 1 fully saturated rings. The van der Waals surface area contributed by atoms with Crippen LogP contribution < -0.4 is 4.72 Å². The van der Waals surface area contributed by atoms with E-state index in [0.29, 0.717) is 23.1 Å². The van der Waals surface area contributed by atoms with Crippen molar-refractivity contribution in [3.8, 4) is 0 Å². The Labute approximate surface area is 168 Å². The monoisotopic (exact) mass is 402 g/mol. The minimum absolute atomic E-state index is 0.0299. The molecule has 1 aromatic rings. The molecule has 0 bridgehead atoms. The summed E-state index contributed by atoms with van der Waals surface area (Å²) >= 11 is 0. The molecule has 2 aliphatic rings. The Morgan fingerprint density at radius 2 is 1.64 bits per heavy atom. The number of carbonyl (C=O) groups is 1. The van der Waals surface area contributed by atoms with E-state index in [1.165, 1.54) is 0 Å². The molecule has 1 amide bonds. The number of carbonyl (C=O) groups excluding carboxylic acids is 1. The van der Waals surface area contributed by atoms with Crippen molar-refractivity contribution in [2.75, 3.05) is 17.8 Å². The van der Waals surface area contributed by atoms with Crippen LogP contribution in [0.5, 0.6) is 0 Å². The topological polar surface area (TPSA) is 66.5 Å². The second kappa shape index (κ2) is 8.11. The Kier molecular flexibility index (Phi) is 5.98. The molecule has 152 valence electrons. The van der Waals surface area contributed by atoms with E-state index in [4.69, 9.17) is 0 Å². The third-order valence-corrected chi connectivity index (χ3v) is 7.39. The number of sulfonamides is 1. The number of aryl methyl sites for hydroxylation is 1. The molecule has 0 saturated carbocycles. The van der Waals surface area contributed by atoms with Crippen LogP contribution in [-0.4, -0.2) is 37.6 Å². The Morgan fingerprint density at radius 3 is 2.25 bits per heavy atom. The van der Waals surface area contributed by atoms with Crippen molar-refractivity contribution < 1.29 is 13.2 Å². The minimum Gasteiger partial charge on any atom is -0.338 e. The van der Waals surface area contributed by atoms with Crippen molar-refractivity contribution in [2.45, 2.75) is 45.8 Å². The molecule has 1 N–H and O–H groups in total. The van der Waals surface area contributed by atoms with E-state index >= 15 is 0 Å². The van der Waals surface area contributed by atoms with Gasteiger partial charge in [0.1, 0.15) is 5.25 Å². The van der Waals surface area contributed by atoms with E-state index in [1.807, 2.05) is 30.9 Å². The van der Waals surface area contributed by atoms with E-state index in [2.05, 4.69) is 18.6 Å². The van der Waals surface area contributed by atoms with Crippen LogP contribution in [0.15, 0.2) is 47.6 Å². The lowest BCUT2D eigenvalue weighted by atomic mass is 9.90. The number of allylic oxidation sites excluding steroid dienone is 2. The van der Waals surface area contributed by atoms with Gasteiger partial charge in [-0.1, -0.05) is 49.3 Å². The van der Waals surface area contributed by atoms with Gasteiger partial charge in [0.15, 0.2) is 0 Å². The molecule has 1 saturated heterocycles. The zero-order chi connectivity index (χ0) is 20.5. The van der Waals surface area contributed by atoms with E-state index in [-0.39, 0.29) is 12.3 Å². The summed E-state index contributed by atoms with van der Waals surface area (Å²) in [5, 5.41) is -0.739. The number of amides is 1. The van der Waals surface area contributed by atoms with Crippen molar-refractivity contribution in [2.24, 2.45) is 11.8 Å². The van der Waals surface area contributed by atoms with E-state index < -0.39 is 15.3 Å². The number of anilines is 1. The molecule has 1 heterocycles. The Hall–Kier alpha value is -2.08. The van der Waals surface area contributed by atoms with Crippen LogP contribution in [0.25, 0.3) is 0 Å². The lowest BCUT2D eigenvalue weighted by molar-refractivity contribution is -0.129. The molecule has 3 rings (SSSR count). The van der Waals surface area contributed by atoms with Gasteiger partial charge in [0.2, 0.25) is 15.9 Å². The summed E-state index contributed by atoms with van der Waals surface area (Å²) in [5.74, 6) is 0.909. The summed E-state index contributed by atoms with van der Waals surface area (Å²) in [5.41, 5.74) is 2.93. The van der Waals surface area contributed by atoms with Gasteiger partial charge >= 0.3 is 0 Å². The lowest BCUT2D eigenvalue weighted by Crippen LogP contribution is -2.44. The van der Waals surface area contributed by atoms with Gasteiger partial charge in [-0.05, 0) is 44.2 Å².